The lowest BCUT2D eigenvalue weighted by Gasteiger charge is -2.37. The van der Waals surface area contributed by atoms with Crippen LogP contribution in [-0.4, -0.2) is 27.2 Å². The molecule has 0 spiro atoms. The molecule has 6 nitrogen and oxygen atoms in total. The second-order valence-electron chi connectivity index (χ2n) is 8.15. The zero-order valence-corrected chi connectivity index (χ0v) is 18.4. The lowest BCUT2D eigenvalue weighted by atomic mass is 10.00. The number of hydrogen-bond donors (Lipinski definition) is 0. The molecule has 3 atom stereocenters. The van der Waals surface area contributed by atoms with Gasteiger partial charge in [-0.15, -0.1) is 5.10 Å². The van der Waals surface area contributed by atoms with Gasteiger partial charge >= 0.3 is 0 Å². The van der Waals surface area contributed by atoms with E-state index in [1.807, 2.05) is 59.3 Å². The van der Waals surface area contributed by atoms with E-state index in [4.69, 9.17) is 14.2 Å². The third kappa shape index (κ3) is 5.37. The van der Waals surface area contributed by atoms with E-state index < -0.39 is 0 Å². The number of nitrogens with zero attached hydrogens (tertiary/aromatic N) is 3. The van der Waals surface area contributed by atoms with Crippen LogP contribution in [0.5, 0.6) is 0 Å². The number of ether oxygens (including phenoxy) is 3. The maximum Gasteiger partial charge on any atom is 0.130 e. The van der Waals surface area contributed by atoms with Crippen molar-refractivity contribution in [2.45, 2.75) is 44.7 Å². The fraction of sp³-hybridized carbons (Fsp3) is 0.259. The molecule has 0 N–H and O–H groups in total. The summed E-state index contributed by atoms with van der Waals surface area (Å²) in [5, 5.41) is 8.41. The quantitative estimate of drug-likeness (QED) is 0.376. The maximum absolute atomic E-state index is 6.48. The molecule has 0 fully saturated rings. The molecule has 168 valence electrons. The predicted octanol–water partition coefficient (Wildman–Crippen LogP) is 4.72. The highest BCUT2D eigenvalue weighted by Crippen LogP contribution is 2.33. The smallest absolute Gasteiger partial charge is 0.130 e. The van der Waals surface area contributed by atoms with Gasteiger partial charge < -0.3 is 14.2 Å². The molecule has 0 aliphatic carbocycles. The first-order valence-electron chi connectivity index (χ1n) is 11.2. The molecule has 1 aromatic heterocycles. The van der Waals surface area contributed by atoms with Crippen LogP contribution in [0.3, 0.4) is 0 Å². The number of benzene rings is 3. The molecule has 0 unspecified atom stereocenters. The fourth-order valence-corrected chi connectivity index (χ4v) is 4.09. The molecule has 6 heteroatoms. The van der Waals surface area contributed by atoms with Gasteiger partial charge in [0.2, 0.25) is 0 Å². The van der Waals surface area contributed by atoms with Crippen molar-refractivity contribution in [3.8, 4) is 0 Å². The molecule has 33 heavy (non-hydrogen) atoms. The molecular weight excluding hydrogens is 414 g/mol. The summed E-state index contributed by atoms with van der Waals surface area (Å²) in [5.41, 5.74) is 4.23. The van der Waals surface area contributed by atoms with Gasteiger partial charge in [-0.05, 0) is 16.7 Å². The second-order valence-corrected chi connectivity index (χ2v) is 8.15. The van der Waals surface area contributed by atoms with E-state index in [1.165, 1.54) is 0 Å². The van der Waals surface area contributed by atoms with Crippen molar-refractivity contribution >= 4 is 0 Å². The van der Waals surface area contributed by atoms with Crippen LogP contribution >= 0.6 is 0 Å². The van der Waals surface area contributed by atoms with Gasteiger partial charge in [0.05, 0.1) is 38.3 Å². The van der Waals surface area contributed by atoms with E-state index in [0.29, 0.717) is 26.4 Å². The number of fused-ring (bicyclic) bond motifs is 1. The first kappa shape index (κ1) is 21.5. The van der Waals surface area contributed by atoms with Gasteiger partial charge in [0.15, 0.2) is 0 Å². The summed E-state index contributed by atoms with van der Waals surface area (Å²) in [4.78, 5) is 0. The minimum Gasteiger partial charge on any atom is -0.369 e. The van der Waals surface area contributed by atoms with E-state index in [9.17, 15) is 0 Å². The van der Waals surface area contributed by atoms with E-state index in [2.05, 4.69) is 46.7 Å². The van der Waals surface area contributed by atoms with Gasteiger partial charge in [0.25, 0.3) is 0 Å². The fourth-order valence-electron chi connectivity index (χ4n) is 4.09. The van der Waals surface area contributed by atoms with Crippen molar-refractivity contribution in [1.82, 2.24) is 15.0 Å². The molecule has 0 bridgehead atoms. The van der Waals surface area contributed by atoms with Crippen LogP contribution in [0.25, 0.3) is 0 Å². The highest BCUT2D eigenvalue weighted by atomic mass is 16.6. The van der Waals surface area contributed by atoms with Crippen molar-refractivity contribution in [1.29, 1.82) is 0 Å². The van der Waals surface area contributed by atoms with Gasteiger partial charge in [-0.1, -0.05) is 96.2 Å². The Balaban J connectivity index is 1.38. The van der Waals surface area contributed by atoms with Crippen molar-refractivity contribution in [3.63, 3.8) is 0 Å². The molecule has 0 saturated heterocycles. The van der Waals surface area contributed by atoms with Crippen molar-refractivity contribution in [2.24, 2.45) is 0 Å². The van der Waals surface area contributed by atoms with Crippen LogP contribution in [0.2, 0.25) is 0 Å². The van der Waals surface area contributed by atoms with Crippen LogP contribution < -0.4 is 0 Å². The van der Waals surface area contributed by atoms with Crippen LogP contribution in [0.1, 0.15) is 28.5 Å². The highest BCUT2D eigenvalue weighted by molar-refractivity contribution is 5.17. The number of rotatable bonds is 9. The lowest BCUT2D eigenvalue weighted by Crippen LogP contribution is -2.45. The standard InChI is InChI=1S/C27H27N3O3/c1-4-10-21(11-5-1)18-31-25-17-30-24(16-28-29-30)26(32-19-22-12-6-2-7-13-22)27(25)33-20-23-14-8-3-9-15-23/h1-16,25-27H,17-20H2/t25-,26+,27-/m1/s1. The Labute approximate surface area is 193 Å². The van der Waals surface area contributed by atoms with Gasteiger partial charge in [0.1, 0.15) is 18.3 Å². The Kier molecular flexibility index (Phi) is 6.87. The first-order valence-corrected chi connectivity index (χ1v) is 11.2. The number of hydrogen-bond acceptors (Lipinski definition) is 5. The minimum atomic E-state index is -0.349. The van der Waals surface area contributed by atoms with E-state index in [0.717, 1.165) is 22.4 Å². The highest BCUT2D eigenvalue weighted by Gasteiger charge is 2.40. The average Bonchev–Trinajstić information content (AvgIpc) is 3.35. The molecule has 0 radical (unpaired) electrons. The van der Waals surface area contributed by atoms with Crippen molar-refractivity contribution in [3.05, 3.63) is 120 Å². The van der Waals surface area contributed by atoms with Gasteiger partial charge in [-0.2, -0.15) is 0 Å². The van der Waals surface area contributed by atoms with Gasteiger partial charge in [-0.25, -0.2) is 4.68 Å². The third-order valence-electron chi connectivity index (χ3n) is 5.82. The molecule has 3 aromatic carbocycles. The Morgan fingerprint density at radius 2 is 1.18 bits per heavy atom. The minimum absolute atomic E-state index is 0.233. The van der Waals surface area contributed by atoms with E-state index >= 15 is 0 Å². The largest absolute Gasteiger partial charge is 0.369 e. The molecule has 0 amide bonds. The first-order chi connectivity index (χ1) is 16.4. The average molecular weight is 442 g/mol. The van der Waals surface area contributed by atoms with Gasteiger partial charge in [-0.3, -0.25) is 0 Å². The molecule has 1 aliphatic rings. The summed E-state index contributed by atoms with van der Waals surface area (Å²) in [6, 6.07) is 30.5. The van der Waals surface area contributed by atoms with Crippen molar-refractivity contribution < 1.29 is 14.2 Å². The zero-order chi connectivity index (χ0) is 22.3. The van der Waals surface area contributed by atoms with Crippen LogP contribution in [0.15, 0.2) is 97.2 Å². The SMILES string of the molecule is c1ccc(CO[C@@H]2[C@H](OCc3ccccc3)Cn3nncc3[C@@H]2OCc2ccccc2)cc1. The Morgan fingerprint density at radius 1 is 0.667 bits per heavy atom. The maximum atomic E-state index is 6.48. The summed E-state index contributed by atoms with van der Waals surface area (Å²) in [5.74, 6) is 0. The summed E-state index contributed by atoms with van der Waals surface area (Å²) in [6.45, 7) is 2.00. The summed E-state index contributed by atoms with van der Waals surface area (Å²) in [7, 11) is 0. The Morgan fingerprint density at radius 3 is 1.76 bits per heavy atom. The lowest BCUT2D eigenvalue weighted by molar-refractivity contribution is -0.171. The summed E-state index contributed by atoms with van der Waals surface area (Å²) >= 11 is 0. The number of aromatic nitrogens is 3. The van der Waals surface area contributed by atoms with Crippen LogP contribution in [-0.2, 0) is 40.6 Å². The topological polar surface area (TPSA) is 58.4 Å². The molecule has 4 aromatic rings. The Bertz CT molecular complexity index is 1120. The zero-order valence-electron chi connectivity index (χ0n) is 18.4. The van der Waals surface area contributed by atoms with E-state index in [-0.39, 0.29) is 18.3 Å². The van der Waals surface area contributed by atoms with E-state index in [1.54, 1.807) is 6.20 Å². The molecular formula is C27H27N3O3. The second kappa shape index (κ2) is 10.5. The molecule has 5 rings (SSSR count). The molecule has 2 heterocycles. The van der Waals surface area contributed by atoms with Crippen molar-refractivity contribution in [2.75, 3.05) is 0 Å². The monoisotopic (exact) mass is 441 g/mol. The molecule has 1 aliphatic heterocycles. The van der Waals surface area contributed by atoms with Crippen LogP contribution in [0, 0.1) is 0 Å². The summed E-state index contributed by atoms with van der Waals surface area (Å²) in [6.07, 6.45) is 0.882. The molecule has 0 saturated carbocycles. The van der Waals surface area contributed by atoms with Crippen LogP contribution in [0.4, 0.5) is 0 Å². The third-order valence-corrected chi connectivity index (χ3v) is 5.82. The Hall–Kier alpha value is -3.32. The predicted molar refractivity (Wildman–Crippen MR) is 124 cm³/mol. The normalized spacial score (nSPS) is 19.8. The summed E-state index contributed by atoms with van der Waals surface area (Å²) < 4.78 is 21.2. The van der Waals surface area contributed by atoms with Gasteiger partial charge in [0, 0.05) is 0 Å².